The predicted octanol–water partition coefficient (Wildman–Crippen LogP) is 5.09. The third-order valence-corrected chi connectivity index (χ3v) is 5.68. The van der Waals surface area contributed by atoms with Gasteiger partial charge >= 0.3 is 0 Å². The fraction of sp³-hybridized carbons (Fsp3) is 0.280. The molecule has 0 radical (unpaired) electrons. The molecular formula is C25H27N3O. The Morgan fingerprint density at radius 1 is 0.931 bits per heavy atom. The highest BCUT2D eigenvalue weighted by Gasteiger charge is 2.23. The summed E-state index contributed by atoms with van der Waals surface area (Å²) < 4.78 is 0. The first-order chi connectivity index (χ1) is 14.2. The molecule has 0 unspecified atom stereocenters. The van der Waals surface area contributed by atoms with Crippen LogP contribution in [0.4, 0.5) is 11.5 Å². The van der Waals surface area contributed by atoms with Gasteiger partial charge in [0.15, 0.2) is 0 Å². The summed E-state index contributed by atoms with van der Waals surface area (Å²) in [6, 6.07) is 23.7. The summed E-state index contributed by atoms with van der Waals surface area (Å²) in [5, 5.41) is 3.01. The highest BCUT2D eigenvalue weighted by molar-refractivity contribution is 5.97. The second kappa shape index (κ2) is 8.91. The summed E-state index contributed by atoms with van der Waals surface area (Å²) in [6.07, 6.45) is 4.30. The minimum atomic E-state index is -0.373. The Labute approximate surface area is 172 Å². The number of aromatic nitrogens is 1. The van der Waals surface area contributed by atoms with Gasteiger partial charge in [0.1, 0.15) is 5.82 Å². The molecule has 4 rings (SSSR count). The van der Waals surface area contributed by atoms with Crippen LogP contribution in [0.3, 0.4) is 0 Å². The van der Waals surface area contributed by atoms with Gasteiger partial charge in [-0.25, -0.2) is 4.98 Å². The number of amides is 1. The predicted molar refractivity (Wildman–Crippen MR) is 118 cm³/mol. The van der Waals surface area contributed by atoms with Crippen LogP contribution in [0.25, 0.3) is 0 Å². The molecule has 2 heterocycles. The fourth-order valence-electron chi connectivity index (χ4n) is 3.90. The molecule has 1 amide bonds. The highest BCUT2D eigenvalue weighted by Crippen LogP contribution is 2.27. The van der Waals surface area contributed by atoms with Crippen molar-refractivity contribution in [1.29, 1.82) is 0 Å². The summed E-state index contributed by atoms with van der Waals surface area (Å²) in [5.74, 6) is 0.934. The maximum Gasteiger partial charge on any atom is 0.237 e. The number of rotatable bonds is 5. The Morgan fingerprint density at radius 2 is 1.52 bits per heavy atom. The number of hydrogen-bond acceptors (Lipinski definition) is 3. The average Bonchev–Trinajstić information content (AvgIpc) is 2.77. The first-order valence-corrected chi connectivity index (χ1v) is 10.3. The molecule has 3 aromatic rings. The van der Waals surface area contributed by atoms with Crippen molar-refractivity contribution in [2.45, 2.75) is 25.7 Å². The number of pyridine rings is 1. The van der Waals surface area contributed by atoms with E-state index in [1.54, 1.807) is 0 Å². The van der Waals surface area contributed by atoms with Gasteiger partial charge in [0.2, 0.25) is 5.91 Å². The van der Waals surface area contributed by atoms with Crippen molar-refractivity contribution in [2.75, 3.05) is 23.3 Å². The van der Waals surface area contributed by atoms with Crippen molar-refractivity contribution in [1.82, 2.24) is 4.98 Å². The Hall–Kier alpha value is -3.14. The quantitative estimate of drug-likeness (QED) is 0.665. The topological polar surface area (TPSA) is 45.2 Å². The minimum Gasteiger partial charge on any atom is -0.370 e. The zero-order valence-electron chi connectivity index (χ0n) is 16.8. The van der Waals surface area contributed by atoms with Crippen molar-refractivity contribution in [3.63, 3.8) is 0 Å². The van der Waals surface area contributed by atoms with Crippen LogP contribution in [0.15, 0.2) is 79.0 Å². The second-order valence-corrected chi connectivity index (χ2v) is 7.81. The van der Waals surface area contributed by atoms with Gasteiger partial charge in [-0.3, -0.25) is 4.79 Å². The lowest BCUT2D eigenvalue weighted by atomic mass is 9.90. The molecule has 1 N–H and O–H groups in total. The van der Waals surface area contributed by atoms with E-state index in [9.17, 15) is 4.79 Å². The molecule has 0 saturated carbocycles. The van der Waals surface area contributed by atoms with Crippen LogP contribution in [0, 0.1) is 5.92 Å². The largest absolute Gasteiger partial charge is 0.370 e. The van der Waals surface area contributed by atoms with Crippen molar-refractivity contribution in [3.8, 4) is 0 Å². The molecule has 4 heteroatoms. The molecule has 0 aliphatic carbocycles. The number of anilines is 2. The second-order valence-electron chi connectivity index (χ2n) is 7.81. The van der Waals surface area contributed by atoms with E-state index < -0.39 is 0 Å². The van der Waals surface area contributed by atoms with Gasteiger partial charge in [-0.15, -0.1) is 0 Å². The van der Waals surface area contributed by atoms with Crippen LogP contribution in [0.5, 0.6) is 0 Å². The zero-order valence-corrected chi connectivity index (χ0v) is 16.8. The van der Waals surface area contributed by atoms with Crippen molar-refractivity contribution < 1.29 is 4.79 Å². The lowest BCUT2D eigenvalue weighted by molar-refractivity contribution is -0.116. The number of benzene rings is 2. The molecule has 2 aromatic carbocycles. The lowest BCUT2D eigenvalue weighted by Crippen LogP contribution is -2.32. The third-order valence-electron chi connectivity index (χ3n) is 5.68. The summed E-state index contributed by atoms with van der Waals surface area (Å²) in [4.78, 5) is 20.1. The number of nitrogens with one attached hydrogen (secondary N) is 1. The van der Waals surface area contributed by atoms with E-state index in [0.29, 0.717) is 5.82 Å². The average molecular weight is 386 g/mol. The van der Waals surface area contributed by atoms with E-state index in [1.807, 2.05) is 72.9 Å². The van der Waals surface area contributed by atoms with E-state index in [-0.39, 0.29) is 11.8 Å². The Balaban J connectivity index is 1.50. The maximum atomic E-state index is 13.2. The Kier molecular flexibility index (Phi) is 5.89. The molecule has 0 spiro atoms. The SMILES string of the molecule is CC1CCN(c2ccc(NC(=O)C(c3ccccc3)c3ccccc3)nc2)CC1. The molecular weight excluding hydrogens is 358 g/mol. The van der Waals surface area contributed by atoms with E-state index in [2.05, 4.69) is 28.2 Å². The Morgan fingerprint density at radius 3 is 2.03 bits per heavy atom. The van der Waals surface area contributed by atoms with Gasteiger partial charge in [-0.2, -0.15) is 0 Å². The Bertz CT molecular complexity index is 878. The van der Waals surface area contributed by atoms with Gasteiger partial charge in [0.05, 0.1) is 17.8 Å². The normalized spacial score (nSPS) is 14.8. The molecule has 0 atom stereocenters. The van der Waals surface area contributed by atoms with Gasteiger partial charge in [-0.1, -0.05) is 67.6 Å². The summed E-state index contributed by atoms with van der Waals surface area (Å²) in [5.41, 5.74) is 3.06. The molecule has 148 valence electrons. The molecule has 1 saturated heterocycles. The smallest absolute Gasteiger partial charge is 0.237 e. The van der Waals surface area contributed by atoms with Crippen LogP contribution in [0.1, 0.15) is 36.8 Å². The number of hydrogen-bond donors (Lipinski definition) is 1. The standard InChI is InChI=1S/C25H27N3O/c1-19-14-16-28(17-15-19)22-12-13-23(26-18-22)27-25(29)24(20-8-4-2-5-9-20)21-10-6-3-7-11-21/h2-13,18-19,24H,14-17H2,1H3,(H,26,27,29). The van der Waals surface area contributed by atoms with E-state index in [1.165, 1.54) is 12.8 Å². The maximum absolute atomic E-state index is 13.2. The number of carbonyl (C=O) groups excluding carboxylic acids is 1. The molecule has 1 aliphatic rings. The van der Waals surface area contributed by atoms with Gasteiger partial charge in [-0.05, 0) is 42.0 Å². The van der Waals surface area contributed by atoms with Gasteiger partial charge < -0.3 is 10.2 Å². The van der Waals surface area contributed by atoms with Crippen molar-refractivity contribution >= 4 is 17.4 Å². The number of piperidine rings is 1. The van der Waals surface area contributed by atoms with Crippen molar-refractivity contribution in [3.05, 3.63) is 90.1 Å². The fourth-order valence-corrected chi connectivity index (χ4v) is 3.90. The van der Waals surface area contributed by atoms with Crippen LogP contribution in [-0.4, -0.2) is 24.0 Å². The molecule has 1 aromatic heterocycles. The first-order valence-electron chi connectivity index (χ1n) is 10.3. The van der Waals surface area contributed by atoms with Gasteiger partial charge in [0.25, 0.3) is 0 Å². The van der Waals surface area contributed by atoms with E-state index in [4.69, 9.17) is 0 Å². The van der Waals surface area contributed by atoms with Crippen LogP contribution >= 0.6 is 0 Å². The summed E-state index contributed by atoms with van der Waals surface area (Å²) >= 11 is 0. The monoisotopic (exact) mass is 385 g/mol. The van der Waals surface area contributed by atoms with E-state index >= 15 is 0 Å². The molecule has 1 aliphatic heterocycles. The summed E-state index contributed by atoms with van der Waals surface area (Å²) in [6.45, 7) is 4.45. The molecule has 0 bridgehead atoms. The number of nitrogens with zero attached hydrogens (tertiary/aromatic N) is 2. The highest BCUT2D eigenvalue weighted by atomic mass is 16.1. The van der Waals surface area contributed by atoms with E-state index in [0.717, 1.165) is 35.8 Å². The lowest BCUT2D eigenvalue weighted by Gasteiger charge is -2.31. The van der Waals surface area contributed by atoms with Crippen LogP contribution < -0.4 is 10.2 Å². The molecule has 1 fully saturated rings. The summed E-state index contributed by atoms with van der Waals surface area (Å²) in [7, 11) is 0. The number of carbonyl (C=O) groups is 1. The molecule has 29 heavy (non-hydrogen) atoms. The minimum absolute atomic E-state index is 0.0746. The first kappa shape index (κ1) is 19.2. The van der Waals surface area contributed by atoms with Gasteiger partial charge in [0, 0.05) is 13.1 Å². The molecule has 4 nitrogen and oxygen atoms in total. The zero-order chi connectivity index (χ0) is 20.1. The van der Waals surface area contributed by atoms with Crippen molar-refractivity contribution in [2.24, 2.45) is 5.92 Å². The van der Waals surface area contributed by atoms with Crippen LogP contribution in [-0.2, 0) is 4.79 Å². The third kappa shape index (κ3) is 4.65. The van der Waals surface area contributed by atoms with Crippen LogP contribution in [0.2, 0.25) is 0 Å².